The molecule has 1 aromatic heterocycles. The van der Waals surface area contributed by atoms with Crippen LogP contribution in [-0.2, 0) is 0 Å². The van der Waals surface area contributed by atoms with Gasteiger partial charge in [0.15, 0.2) is 0 Å². The molecular formula is C7H10N4. The topological polar surface area (TPSA) is 74.8 Å². The van der Waals surface area contributed by atoms with Crippen molar-refractivity contribution in [3.63, 3.8) is 0 Å². The van der Waals surface area contributed by atoms with Gasteiger partial charge in [0.1, 0.15) is 11.7 Å². The zero-order valence-corrected chi connectivity index (χ0v) is 6.26. The third-order valence-electron chi connectivity index (χ3n) is 1.33. The van der Waals surface area contributed by atoms with Gasteiger partial charge >= 0.3 is 0 Å². The minimum absolute atomic E-state index is 0.0418. The predicted molar refractivity (Wildman–Crippen MR) is 44.8 cm³/mol. The van der Waals surface area contributed by atoms with Crippen LogP contribution in [0.25, 0.3) is 0 Å². The number of nitrogens with two attached hydrogens (primary N) is 1. The van der Waals surface area contributed by atoms with Gasteiger partial charge in [-0.1, -0.05) is 0 Å². The number of aromatic nitrogens is 1. The highest BCUT2D eigenvalue weighted by Gasteiger charge is 1.95. The van der Waals surface area contributed by atoms with Crippen LogP contribution in [0.4, 0.5) is 5.82 Å². The number of pyridine rings is 1. The van der Waals surface area contributed by atoms with Gasteiger partial charge < -0.3 is 11.1 Å². The zero-order valence-electron chi connectivity index (χ0n) is 6.26. The molecule has 0 saturated carbocycles. The molecule has 1 heterocycles. The first kappa shape index (κ1) is 7.53. The lowest BCUT2D eigenvalue weighted by Crippen LogP contribution is -2.11. The van der Waals surface area contributed by atoms with Crippen LogP contribution in [0, 0.1) is 5.41 Å². The second-order valence-corrected chi connectivity index (χ2v) is 2.10. The molecule has 0 radical (unpaired) electrons. The predicted octanol–water partition coefficient (Wildman–Crippen LogP) is 0.407. The van der Waals surface area contributed by atoms with Gasteiger partial charge in [0, 0.05) is 18.8 Å². The Kier molecular flexibility index (Phi) is 2.06. The molecule has 0 aliphatic rings. The molecule has 0 fully saturated rings. The first-order valence-electron chi connectivity index (χ1n) is 3.22. The minimum atomic E-state index is 0.0418. The number of rotatable bonds is 2. The number of nitrogen functional groups attached to an aromatic ring is 1. The van der Waals surface area contributed by atoms with Crippen molar-refractivity contribution in [1.82, 2.24) is 4.98 Å². The molecule has 0 spiro atoms. The van der Waals surface area contributed by atoms with Crippen molar-refractivity contribution in [1.29, 1.82) is 5.41 Å². The normalized spacial score (nSPS) is 9.18. The fourth-order valence-corrected chi connectivity index (χ4v) is 0.701. The second-order valence-electron chi connectivity index (χ2n) is 2.10. The van der Waals surface area contributed by atoms with Gasteiger partial charge in [-0.2, -0.15) is 0 Å². The van der Waals surface area contributed by atoms with E-state index < -0.39 is 0 Å². The molecule has 4 nitrogen and oxygen atoms in total. The van der Waals surface area contributed by atoms with Crippen molar-refractivity contribution in [2.45, 2.75) is 0 Å². The Balaban J connectivity index is 2.91. The summed E-state index contributed by atoms with van der Waals surface area (Å²) in [5, 5.41) is 9.95. The molecule has 58 valence electrons. The molecule has 0 aliphatic heterocycles. The molecule has 4 heteroatoms. The molecule has 0 aliphatic carbocycles. The van der Waals surface area contributed by atoms with Gasteiger partial charge in [0.25, 0.3) is 0 Å². The van der Waals surface area contributed by atoms with E-state index in [1.54, 1.807) is 25.4 Å². The molecular weight excluding hydrogens is 140 g/mol. The van der Waals surface area contributed by atoms with Gasteiger partial charge in [-0.3, -0.25) is 5.41 Å². The van der Waals surface area contributed by atoms with Crippen LogP contribution in [0.1, 0.15) is 5.56 Å². The summed E-state index contributed by atoms with van der Waals surface area (Å²) in [6.07, 6.45) is 1.56. The zero-order chi connectivity index (χ0) is 8.27. The minimum Gasteiger partial charge on any atom is -0.384 e. The van der Waals surface area contributed by atoms with E-state index in [9.17, 15) is 0 Å². The van der Waals surface area contributed by atoms with Gasteiger partial charge in [0.05, 0.1) is 0 Å². The van der Waals surface area contributed by atoms with Crippen molar-refractivity contribution < 1.29 is 0 Å². The van der Waals surface area contributed by atoms with E-state index in [1.807, 2.05) is 0 Å². The Morgan fingerprint density at radius 1 is 1.64 bits per heavy atom. The average molecular weight is 150 g/mol. The summed E-state index contributed by atoms with van der Waals surface area (Å²) < 4.78 is 0. The lowest BCUT2D eigenvalue weighted by molar-refractivity contribution is 1.27. The van der Waals surface area contributed by atoms with Crippen LogP contribution >= 0.6 is 0 Å². The summed E-state index contributed by atoms with van der Waals surface area (Å²) in [7, 11) is 1.79. The highest BCUT2D eigenvalue weighted by molar-refractivity contribution is 5.94. The fraction of sp³-hybridized carbons (Fsp3) is 0.143. The Morgan fingerprint density at radius 2 is 2.36 bits per heavy atom. The Bertz CT molecular complexity index is 252. The number of nitrogens with zero attached hydrogens (tertiary/aromatic N) is 1. The van der Waals surface area contributed by atoms with Crippen molar-refractivity contribution in [2.24, 2.45) is 5.73 Å². The molecule has 1 rings (SSSR count). The molecule has 1 aromatic rings. The van der Waals surface area contributed by atoms with E-state index in [0.29, 0.717) is 5.56 Å². The van der Waals surface area contributed by atoms with E-state index in [1.165, 1.54) is 0 Å². The summed E-state index contributed by atoms with van der Waals surface area (Å²) in [6.45, 7) is 0. The van der Waals surface area contributed by atoms with E-state index in [-0.39, 0.29) is 5.84 Å². The Morgan fingerprint density at radius 3 is 2.73 bits per heavy atom. The molecule has 0 aromatic carbocycles. The molecule has 0 saturated heterocycles. The van der Waals surface area contributed by atoms with Gasteiger partial charge in [-0.25, -0.2) is 4.98 Å². The van der Waals surface area contributed by atoms with Gasteiger partial charge in [-0.15, -0.1) is 0 Å². The van der Waals surface area contributed by atoms with Crippen LogP contribution in [-0.4, -0.2) is 17.9 Å². The van der Waals surface area contributed by atoms with E-state index in [2.05, 4.69) is 10.3 Å². The van der Waals surface area contributed by atoms with Crippen molar-refractivity contribution in [3.05, 3.63) is 23.9 Å². The lowest BCUT2D eigenvalue weighted by atomic mass is 10.2. The number of amidine groups is 1. The Labute approximate surface area is 65.0 Å². The van der Waals surface area contributed by atoms with Crippen molar-refractivity contribution >= 4 is 11.7 Å². The summed E-state index contributed by atoms with van der Waals surface area (Å²) in [6, 6.07) is 3.53. The maximum absolute atomic E-state index is 7.08. The molecule has 0 atom stereocenters. The summed E-state index contributed by atoms with van der Waals surface area (Å²) >= 11 is 0. The molecule has 0 amide bonds. The quantitative estimate of drug-likeness (QED) is 0.422. The summed E-state index contributed by atoms with van der Waals surface area (Å²) in [5.41, 5.74) is 5.87. The molecule has 4 N–H and O–H groups in total. The third kappa shape index (κ3) is 1.67. The number of hydrogen-bond donors (Lipinski definition) is 3. The molecule has 11 heavy (non-hydrogen) atoms. The maximum atomic E-state index is 7.08. The fourth-order valence-electron chi connectivity index (χ4n) is 0.701. The largest absolute Gasteiger partial charge is 0.384 e. The van der Waals surface area contributed by atoms with Crippen LogP contribution in [0.2, 0.25) is 0 Å². The van der Waals surface area contributed by atoms with E-state index in [0.717, 1.165) is 5.82 Å². The van der Waals surface area contributed by atoms with E-state index >= 15 is 0 Å². The average Bonchev–Trinajstić information content (AvgIpc) is 2.05. The maximum Gasteiger partial charge on any atom is 0.125 e. The number of hydrogen-bond acceptors (Lipinski definition) is 3. The first-order chi connectivity index (χ1) is 5.24. The number of nitrogens with one attached hydrogen (secondary N) is 2. The SMILES string of the molecule is CNc1ccc(C(=N)N)cn1. The monoisotopic (exact) mass is 150 g/mol. The highest BCUT2D eigenvalue weighted by atomic mass is 14.9. The first-order valence-corrected chi connectivity index (χ1v) is 3.22. The molecule has 0 unspecified atom stereocenters. The number of anilines is 1. The van der Waals surface area contributed by atoms with Gasteiger partial charge in [0.2, 0.25) is 0 Å². The standard InChI is InChI=1S/C7H10N4/c1-10-6-3-2-5(4-11-6)7(8)9/h2-4H,1H3,(H3,8,9)(H,10,11). The summed E-state index contributed by atoms with van der Waals surface area (Å²) in [4.78, 5) is 3.99. The second kappa shape index (κ2) is 3.01. The lowest BCUT2D eigenvalue weighted by Gasteiger charge is -1.99. The Hall–Kier alpha value is -1.58. The third-order valence-corrected chi connectivity index (χ3v) is 1.33. The molecule has 0 bridgehead atoms. The van der Waals surface area contributed by atoms with Crippen LogP contribution in [0.5, 0.6) is 0 Å². The van der Waals surface area contributed by atoms with Gasteiger partial charge in [-0.05, 0) is 12.1 Å². The smallest absolute Gasteiger partial charge is 0.125 e. The van der Waals surface area contributed by atoms with Crippen LogP contribution in [0.3, 0.4) is 0 Å². The highest BCUT2D eigenvalue weighted by Crippen LogP contribution is 2.02. The van der Waals surface area contributed by atoms with Crippen LogP contribution < -0.4 is 11.1 Å². The van der Waals surface area contributed by atoms with Crippen LogP contribution in [0.15, 0.2) is 18.3 Å². The van der Waals surface area contributed by atoms with Crippen molar-refractivity contribution in [2.75, 3.05) is 12.4 Å². The van der Waals surface area contributed by atoms with E-state index in [4.69, 9.17) is 11.1 Å². The van der Waals surface area contributed by atoms with Crippen molar-refractivity contribution in [3.8, 4) is 0 Å². The summed E-state index contributed by atoms with van der Waals surface area (Å²) in [5.74, 6) is 0.815.